The number of allylic oxidation sites excluding steroid dienone is 2. The Hall–Kier alpha value is -1.55. The van der Waals surface area contributed by atoms with Gasteiger partial charge in [-0.15, -0.1) is 0 Å². The van der Waals surface area contributed by atoms with Gasteiger partial charge in [0, 0.05) is 0 Å². The summed E-state index contributed by atoms with van der Waals surface area (Å²) in [5.74, 6) is 0. The van der Waals surface area contributed by atoms with E-state index in [0.717, 1.165) is 16.7 Å². The fourth-order valence-electron chi connectivity index (χ4n) is 1.40. The quantitative estimate of drug-likeness (QED) is 0.595. The lowest BCUT2D eigenvalue weighted by molar-refractivity contribution is 1.35. The van der Waals surface area contributed by atoms with Crippen molar-refractivity contribution in [1.29, 1.82) is 5.26 Å². The molecule has 66 valence electrons. The van der Waals surface area contributed by atoms with Crippen molar-refractivity contribution < 1.29 is 0 Å². The second-order valence-electron chi connectivity index (χ2n) is 3.13. The van der Waals surface area contributed by atoms with Gasteiger partial charge in [-0.05, 0) is 31.9 Å². The van der Waals surface area contributed by atoms with Gasteiger partial charge in [0.05, 0.1) is 11.6 Å². The molecule has 0 bridgehead atoms. The molecule has 0 fully saturated rings. The lowest BCUT2D eigenvalue weighted by Crippen LogP contribution is -1.87. The largest absolute Gasteiger partial charge is 0.192 e. The molecule has 0 aliphatic rings. The Kier molecular flexibility index (Phi) is 2.87. The zero-order valence-corrected chi connectivity index (χ0v) is 8.26. The minimum absolute atomic E-state index is 0.748. The van der Waals surface area contributed by atoms with E-state index in [2.05, 4.69) is 19.1 Å². The van der Waals surface area contributed by atoms with Crippen LogP contribution in [0.4, 0.5) is 0 Å². The van der Waals surface area contributed by atoms with Crippen LogP contribution in [-0.4, -0.2) is 0 Å². The van der Waals surface area contributed by atoms with Gasteiger partial charge in [0.1, 0.15) is 0 Å². The minimum Gasteiger partial charge on any atom is -0.192 e. The molecule has 0 atom stereocenters. The van der Waals surface area contributed by atoms with Gasteiger partial charge in [0.2, 0.25) is 0 Å². The Bertz CT molecular complexity index is 381. The number of aryl methyl sites for hydroxylation is 2. The topological polar surface area (TPSA) is 23.8 Å². The summed E-state index contributed by atoms with van der Waals surface area (Å²) in [5.41, 5.74) is 4.18. The van der Waals surface area contributed by atoms with E-state index in [1.807, 2.05) is 32.1 Å². The molecule has 0 saturated heterocycles. The van der Waals surface area contributed by atoms with Gasteiger partial charge in [0.15, 0.2) is 0 Å². The first-order valence-corrected chi connectivity index (χ1v) is 4.33. The van der Waals surface area contributed by atoms with E-state index in [0.29, 0.717) is 0 Å². The van der Waals surface area contributed by atoms with Gasteiger partial charge in [-0.3, -0.25) is 0 Å². The summed E-state index contributed by atoms with van der Waals surface area (Å²) in [7, 11) is 0. The predicted molar refractivity (Wildman–Crippen MR) is 55.2 cm³/mol. The molecular weight excluding hydrogens is 158 g/mol. The smallest absolute Gasteiger partial charge is 0.0994 e. The lowest BCUT2D eigenvalue weighted by Gasteiger charge is -2.04. The molecule has 0 aliphatic carbocycles. The number of nitriles is 1. The molecule has 0 aromatic heterocycles. The number of benzene rings is 1. The molecule has 0 radical (unpaired) electrons. The molecule has 1 heteroatoms. The number of nitrogens with zero attached hydrogens (tertiary/aromatic N) is 1. The van der Waals surface area contributed by atoms with Crippen LogP contribution in [0.5, 0.6) is 0 Å². The lowest BCUT2D eigenvalue weighted by atomic mass is 9.99. The first kappa shape index (κ1) is 9.54. The van der Waals surface area contributed by atoms with E-state index < -0.39 is 0 Å². The molecule has 0 unspecified atom stereocenters. The van der Waals surface area contributed by atoms with Crippen molar-refractivity contribution >= 4 is 5.57 Å². The van der Waals surface area contributed by atoms with E-state index in [9.17, 15) is 0 Å². The summed E-state index contributed by atoms with van der Waals surface area (Å²) in [5, 5.41) is 8.85. The van der Waals surface area contributed by atoms with Crippen LogP contribution >= 0.6 is 0 Å². The fourth-order valence-corrected chi connectivity index (χ4v) is 1.40. The van der Waals surface area contributed by atoms with E-state index in [1.54, 1.807) is 0 Å². The normalized spacial score (nSPS) is 11.1. The summed E-state index contributed by atoms with van der Waals surface area (Å²) >= 11 is 0. The Balaban J connectivity index is 3.25. The van der Waals surface area contributed by atoms with Crippen molar-refractivity contribution in [3.8, 4) is 6.07 Å². The molecule has 0 saturated carbocycles. The van der Waals surface area contributed by atoms with Gasteiger partial charge in [0.25, 0.3) is 0 Å². The maximum absolute atomic E-state index is 8.85. The van der Waals surface area contributed by atoms with Crippen molar-refractivity contribution in [2.24, 2.45) is 0 Å². The highest BCUT2D eigenvalue weighted by Gasteiger charge is 2.02. The molecule has 13 heavy (non-hydrogen) atoms. The van der Waals surface area contributed by atoms with E-state index in [4.69, 9.17) is 5.26 Å². The SMILES string of the molecule is C/C=C(\C#N)c1ccc(C)cc1C. The third-order valence-corrected chi connectivity index (χ3v) is 2.08. The second kappa shape index (κ2) is 3.91. The minimum atomic E-state index is 0.748. The maximum Gasteiger partial charge on any atom is 0.0994 e. The van der Waals surface area contributed by atoms with Crippen LogP contribution in [0.25, 0.3) is 5.57 Å². The third kappa shape index (κ3) is 1.97. The van der Waals surface area contributed by atoms with Crippen molar-refractivity contribution in [2.75, 3.05) is 0 Å². The average molecular weight is 171 g/mol. The van der Waals surface area contributed by atoms with Crippen molar-refractivity contribution in [1.82, 2.24) is 0 Å². The highest BCUT2D eigenvalue weighted by atomic mass is 14.2. The number of rotatable bonds is 1. The summed E-state index contributed by atoms with van der Waals surface area (Å²) < 4.78 is 0. The van der Waals surface area contributed by atoms with Crippen LogP contribution in [0.2, 0.25) is 0 Å². The van der Waals surface area contributed by atoms with Crippen LogP contribution in [0.3, 0.4) is 0 Å². The molecule has 1 aromatic rings. The Morgan fingerprint density at radius 2 is 2.08 bits per heavy atom. The molecule has 1 aromatic carbocycles. The molecule has 0 N–H and O–H groups in total. The number of hydrogen-bond donors (Lipinski definition) is 0. The van der Waals surface area contributed by atoms with Crippen LogP contribution in [0, 0.1) is 25.2 Å². The average Bonchev–Trinajstić information content (AvgIpc) is 2.10. The van der Waals surface area contributed by atoms with Gasteiger partial charge in [-0.1, -0.05) is 29.8 Å². The zero-order valence-electron chi connectivity index (χ0n) is 8.26. The Labute approximate surface area is 79.3 Å². The highest BCUT2D eigenvalue weighted by Crippen LogP contribution is 2.18. The van der Waals surface area contributed by atoms with E-state index >= 15 is 0 Å². The molecule has 0 spiro atoms. The summed E-state index contributed by atoms with van der Waals surface area (Å²) in [6.07, 6.45) is 1.84. The van der Waals surface area contributed by atoms with Gasteiger partial charge in [-0.2, -0.15) is 5.26 Å². The summed E-state index contributed by atoms with van der Waals surface area (Å²) in [6, 6.07) is 8.32. The molecule has 0 amide bonds. The van der Waals surface area contributed by atoms with Crippen LogP contribution in [0.15, 0.2) is 24.3 Å². The first-order chi connectivity index (χ1) is 6.19. The monoisotopic (exact) mass is 171 g/mol. The maximum atomic E-state index is 8.85. The Morgan fingerprint density at radius 3 is 2.54 bits per heavy atom. The van der Waals surface area contributed by atoms with Crippen molar-refractivity contribution in [3.63, 3.8) is 0 Å². The summed E-state index contributed by atoms with van der Waals surface area (Å²) in [4.78, 5) is 0. The molecule has 1 rings (SSSR count). The van der Waals surface area contributed by atoms with Crippen LogP contribution < -0.4 is 0 Å². The number of hydrogen-bond acceptors (Lipinski definition) is 1. The fraction of sp³-hybridized carbons (Fsp3) is 0.250. The van der Waals surface area contributed by atoms with Crippen molar-refractivity contribution in [2.45, 2.75) is 20.8 Å². The molecule has 1 nitrogen and oxygen atoms in total. The first-order valence-electron chi connectivity index (χ1n) is 4.33. The zero-order chi connectivity index (χ0) is 9.84. The van der Waals surface area contributed by atoms with Crippen LogP contribution in [-0.2, 0) is 0 Å². The second-order valence-corrected chi connectivity index (χ2v) is 3.13. The van der Waals surface area contributed by atoms with Crippen molar-refractivity contribution in [3.05, 3.63) is 41.0 Å². The standard InChI is InChI=1S/C12H13N/c1-4-11(8-13)12-6-5-9(2)7-10(12)3/h4-7H,1-3H3/b11-4+. The van der Waals surface area contributed by atoms with E-state index in [-0.39, 0.29) is 0 Å². The highest BCUT2D eigenvalue weighted by molar-refractivity contribution is 5.78. The molecular formula is C12H13N. The predicted octanol–water partition coefficient (Wildman–Crippen LogP) is 3.23. The van der Waals surface area contributed by atoms with Gasteiger partial charge in [-0.25, -0.2) is 0 Å². The summed E-state index contributed by atoms with van der Waals surface area (Å²) in [6.45, 7) is 5.97. The van der Waals surface area contributed by atoms with Gasteiger partial charge < -0.3 is 0 Å². The van der Waals surface area contributed by atoms with E-state index in [1.165, 1.54) is 5.56 Å². The third-order valence-electron chi connectivity index (χ3n) is 2.08. The van der Waals surface area contributed by atoms with Gasteiger partial charge >= 0.3 is 0 Å². The van der Waals surface area contributed by atoms with Crippen LogP contribution in [0.1, 0.15) is 23.6 Å². The Morgan fingerprint density at radius 1 is 1.38 bits per heavy atom. The molecule has 0 aliphatic heterocycles. The molecule has 0 heterocycles.